The third-order valence-corrected chi connectivity index (χ3v) is 7.99. The summed E-state index contributed by atoms with van der Waals surface area (Å²) in [6, 6.07) is 10.2. The molecule has 1 aromatic carbocycles. The molecule has 1 aliphatic heterocycles. The van der Waals surface area contributed by atoms with Gasteiger partial charge in [0, 0.05) is 11.8 Å². The van der Waals surface area contributed by atoms with Crippen molar-refractivity contribution in [2.24, 2.45) is 5.92 Å². The molecule has 8 nitrogen and oxygen atoms in total. The van der Waals surface area contributed by atoms with Crippen LogP contribution < -0.4 is 11.4 Å². The van der Waals surface area contributed by atoms with Crippen LogP contribution in [0.2, 0.25) is 13.1 Å². The molecule has 31 heavy (non-hydrogen) atoms. The Morgan fingerprint density at radius 2 is 1.94 bits per heavy atom. The van der Waals surface area contributed by atoms with Crippen molar-refractivity contribution in [1.82, 2.24) is 9.55 Å². The molecular formula is C22H31N3O5Si. The number of carbonyl (C=O) groups excluding carboxylic acids is 1. The standard InChI is InChI=1S/C22H31N3O5Si/c1-21(2,3)29-13-15-19(27)17(18(26)14-9-7-6-8-10-14)22(30-15,31(4)5)25-12-11-16(23)24-20(25)28/h6-12,15,17,19,27,31H,13H2,1-5H3,(H2,23,24,28)/t15-,17-,19-,22+/m1/s1. The van der Waals surface area contributed by atoms with Crippen LogP contribution in [0.25, 0.3) is 0 Å². The van der Waals surface area contributed by atoms with Gasteiger partial charge in [0.05, 0.1) is 33.0 Å². The van der Waals surface area contributed by atoms with E-state index in [0.29, 0.717) is 5.56 Å². The van der Waals surface area contributed by atoms with E-state index in [0.717, 1.165) is 0 Å². The molecule has 0 amide bonds. The molecule has 9 heteroatoms. The molecule has 1 aliphatic rings. The predicted octanol–water partition coefficient (Wildman–Crippen LogP) is 1.58. The third kappa shape index (κ3) is 4.50. The minimum absolute atomic E-state index is 0.0823. The van der Waals surface area contributed by atoms with Gasteiger partial charge in [0.25, 0.3) is 0 Å². The Morgan fingerprint density at radius 3 is 2.48 bits per heavy atom. The van der Waals surface area contributed by atoms with Crippen LogP contribution >= 0.6 is 0 Å². The van der Waals surface area contributed by atoms with Gasteiger partial charge in [-0.25, -0.2) is 4.79 Å². The molecular weight excluding hydrogens is 414 g/mol. The number of Topliss-reactive ketones (excluding diaryl/α,β-unsaturated/α-hetero) is 1. The van der Waals surface area contributed by atoms with Gasteiger partial charge in [0.2, 0.25) is 0 Å². The van der Waals surface area contributed by atoms with Crippen LogP contribution in [-0.4, -0.2) is 53.7 Å². The summed E-state index contributed by atoms with van der Waals surface area (Å²) in [5.74, 6) is -1.19. The number of hydrogen-bond acceptors (Lipinski definition) is 7. The maximum atomic E-state index is 13.7. The molecule has 1 aromatic heterocycles. The van der Waals surface area contributed by atoms with E-state index < -0.39 is 43.6 Å². The number of carbonyl (C=O) groups is 1. The lowest BCUT2D eigenvalue weighted by atomic mass is 9.90. The van der Waals surface area contributed by atoms with Crippen LogP contribution in [0.3, 0.4) is 0 Å². The van der Waals surface area contributed by atoms with E-state index in [1.807, 2.05) is 39.9 Å². The van der Waals surface area contributed by atoms with Crippen molar-refractivity contribution < 1.29 is 19.4 Å². The fourth-order valence-electron chi connectivity index (χ4n) is 4.10. The fourth-order valence-corrected chi connectivity index (χ4v) is 6.36. The van der Waals surface area contributed by atoms with Crippen molar-refractivity contribution in [3.8, 4) is 0 Å². The number of nitrogen functional groups attached to an aromatic ring is 1. The van der Waals surface area contributed by atoms with E-state index in [-0.39, 0.29) is 18.2 Å². The second-order valence-corrected chi connectivity index (χ2v) is 12.3. The fraction of sp³-hybridized carbons (Fsp3) is 0.500. The Labute approximate surface area is 183 Å². The summed E-state index contributed by atoms with van der Waals surface area (Å²) in [7, 11) is -1.99. The van der Waals surface area contributed by atoms with Gasteiger partial charge in [-0.2, -0.15) is 4.98 Å². The minimum atomic E-state index is -1.99. The van der Waals surface area contributed by atoms with E-state index in [2.05, 4.69) is 4.98 Å². The van der Waals surface area contributed by atoms with Gasteiger partial charge in [-0.15, -0.1) is 0 Å². The summed E-state index contributed by atoms with van der Waals surface area (Å²) in [6.45, 7) is 9.75. The van der Waals surface area contributed by atoms with Crippen LogP contribution in [0.15, 0.2) is 47.4 Å². The Kier molecular flexibility index (Phi) is 6.52. The molecule has 4 atom stereocenters. The second kappa shape index (κ2) is 8.66. The maximum absolute atomic E-state index is 13.7. The minimum Gasteiger partial charge on any atom is -0.389 e. The highest BCUT2D eigenvalue weighted by Crippen LogP contribution is 2.44. The van der Waals surface area contributed by atoms with Crippen molar-refractivity contribution >= 4 is 20.4 Å². The summed E-state index contributed by atoms with van der Waals surface area (Å²) < 4.78 is 13.6. The van der Waals surface area contributed by atoms with Crippen molar-refractivity contribution in [3.05, 3.63) is 58.6 Å². The molecule has 0 unspecified atom stereocenters. The van der Waals surface area contributed by atoms with Crippen LogP contribution in [0.4, 0.5) is 5.82 Å². The highest BCUT2D eigenvalue weighted by molar-refractivity contribution is 6.58. The average Bonchev–Trinajstić information content (AvgIpc) is 2.99. The molecule has 168 valence electrons. The van der Waals surface area contributed by atoms with Crippen LogP contribution in [0.5, 0.6) is 0 Å². The Bertz CT molecular complexity index is 989. The number of anilines is 1. The molecule has 0 bridgehead atoms. The van der Waals surface area contributed by atoms with Crippen molar-refractivity contribution in [2.45, 2.75) is 57.0 Å². The lowest BCUT2D eigenvalue weighted by Crippen LogP contribution is -2.57. The topological polar surface area (TPSA) is 117 Å². The van der Waals surface area contributed by atoms with Crippen molar-refractivity contribution in [2.75, 3.05) is 12.3 Å². The summed E-state index contributed by atoms with van der Waals surface area (Å²) >= 11 is 0. The second-order valence-electron chi connectivity index (χ2n) is 9.19. The maximum Gasteiger partial charge on any atom is 0.351 e. The monoisotopic (exact) mass is 445 g/mol. The zero-order valence-corrected chi connectivity index (χ0v) is 19.8. The van der Waals surface area contributed by atoms with Gasteiger partial charge in [-0.05, 0) is 26.8 Å². The lowest BCUT2D eigenvalue weighted by molar-refractivity contribution is -0.116. The highest BCUT2D eigenvalue weighted by atomic mass is 28.3. The number of nitrogens with two attached hydrogens (primary N) is 1. The Balaban J connectivity index is 2.15. The SMILES string of the molecule is C[SiH](C)[C@@]1(n2ccc(N)nc2=O)O[C@H](COC(C)(C)C)[C@@H](O)[C@H]1C(=O)c1ccccc1. The molecule has 0 aliphatic carbocycles. The first kappa shape index (κ1) is 23.3. The summed E-state index contributed by atoms with van der Waals surface area (Å²) in [6.07, 6.45) is -0.437. The first-order valence-electron chi connectivity index (χ1n) is 10.4. The number of hydrogen-bond donors (Lipinski definition) is 2. The van der Waals surface area contributed by atoms with E-state index in [9.17, 15) is 14.7 Å². The predicted molar refractivity (Wildman–Crippen MR) is 121 cm³/mol. The number of ether oxygens (including phenoxy) is 2. The van der Waals surface area contributed by atoms with Crippen molar-refractivity contribution in [1.29, 1.82) is 0 Å². The van der Waals surface area contributed by atoms with Gasteiger partial charge < -0.3 is 20.3 Å². The van der Waals surface area contributed by atoms with E-state index in [1.165, 1.54) is 16.8 Å². The number of rotatable bonds is 6. The van der Waals surface area contributed by atoms with E-state index in [1.54, 1.807) is 24.3 Å². The molecule has 0 saturated carbocycles. The molecule has 0 radical (unpaired) electrons. The van der Waals surface area contributed by atoms with Gasteiger partial charge in [-0.3, -0.25) is 9.36 Å². The number of aliphatic hydroxyl groups is 1. The zero-order valence-electron chi connectivity index (χ0n) is 18.6. The first-order valence-corrected chi connectivity index (χ1v) is 13.3. The van der Waals surface area contributed by atoms with E-state index in [4.69, 9.17) is 15.2 Å². The molecule has 1 saturated heterocycles. The van der Waals surface area contributed by atoms with Gasteiger partial charge in [-0.1, -0.05) is 43.4 Å². The van der Waals surface area contributed by atoms with Crippen molar-refractivity contribution in [3.63, 3.8) is 0 Å². The van der Waals surface area contributed by atoms with Crippen LogP contribution in [0.1, 0.15) is 31.1 Å². The van der Waals surface area contributed by atoms with Crippen LogP contribution in [0, 0.1) is 5.92 Å². The molecule has 2 aromatic rings. The smallest absolute Gasteiger partial charge is 0.351 e. The quantitative estimate of drug-likeness (QED) is 0.512. The largest absolute Gasteiger partial charge is 0.389 e. The van der Waals surface area contributed by atoms with Gasteiger partial charge in [0.1, 0.15) is 17.3 Å². The Hall–Kier alpha value is -2.33. The van der Waals surface area contributed by atoms with Gasteiger partial charge in [0.15, 0.2) is 5.78 Å². The molecule has 3 rings (SSSR count). The number of ketones is 1. The van der Waals surface area contributed by atoms with E-state index >= 15 is 0 Å². The molecule has 0 spiro atoms. The summed E-state index contributed by atoms with van der Waals surface area (Å²) in [4.78, 5) is 30.4. The average molecular weight is 446 g/mol. The molecule has 1 fully saturated rings. The first-order chi connectivity index (χ1) is 14.5. The molecule has 2 heterocycles. The zero-order chi connectivity index (χ0) is 23.0. The number of nitrogens with zero attached hydrogens (tertiary/aromatic N) is 2. The summed E-state index contributed by atoms with van der Waals surface area (Å²) in [5, 5.41) is 9.98. The number of aromatic nitrogens is 2. The summed E-state index contributed by atoms with van der Waals surface area (Å²) in [5.41, 5.74) is 5.07. The number of benzene rings is 1. The highest BCUT2D eigenvalue weighted by Gasteiger charge is 2.61. The Morgan fingerprint density at radius 1 is 1.29 bits per heavy atom. The molecule has 3 N–H and O–H groups in total. The third-order valence-electron chi connectivity index (χ3n) is 5.56. The lowest BCUT2D eigenvalue weighted by Gasteiger charge is -2.39. The number of aliphatic hydroxyl groups excluding tert-OH is 1. The van der Waals surface area contributed by atoms with Gasteiger partial charge >= 0.3 is 5.69 Å². The normalized spacial score (nSPS) is 26.4. The van der Waals surface area contributed by atoms with Crippen LogP contribution in [-0.2, 0) is 14.8 Å².